The van der Waals surface area contributed by atoms with Crippen molar-refractivity contribution in [2.45, 2.75) is 38.6 Å². The molecule has 0 aromatic heterocycles. The van der Waals surface area contributed by atoms with Crippen LogP contribution in [0.5, 0.6) is 0 Å². The zero-order valence-electron chi connectivity index (χ0n) is 7.43. The first-order chi connectivity index (χ1) is 4.74. The van der Waals surface area contributed by atoms with Gasteiger partial charge in [0.05, 0.1) is 0 Å². The average molecular weight is 141 g/mol. The van der Waals surface area contributed by atoms with Crippen LogP contribution in [0.25, 0.3) is 0 Å². The quantitative estimate of drug-likeness (QED) is 0.569. The van der Waals surface area contributed by atoms with Crippen LogP contribution in [0.1, 0.15) is 32.6 Å². The summed E-state index contributed by atoms with van der Waals surface area (Å²) in [5.41, 5.74) is 0. The number of hydrogen-bond donors (Lipinski definition) is 0. The van der Waals surface area contributed by atoms with Crippen LogP contribution in [0.4, 0.5) is 0 Å². The molecule has 60 valence electrons. The fraction of sp³-hybridized carbons (Fsp3) is 1.00. The third kappa shape index (κ3) is 1.72. The molecule has 0 aliphatic heterocycles. The van der Waals surface area contributed by atoms with E-state index in [1.165, 1.54) is 25.7 Å². The van der Waals surface area contributed by atoms with Gasteiger partial charge in [-0.05, 0) is 39.3 Å². The molecule has 0 heterocycles. The molecule has 2 atom stereocenters. The summed E-state index contributed by atoms with van der Waals surface area (Å²) in [4.78, 5) is 2.37. The molecule has 10 heavy (non-hydrogen) atoms. The van der Waals surface area contributed by atoms with Crippen molar-refractivity contribution in [1.82, 2.24) is 4.90 Å². The van der Waals surface area contributed by atoms with Crippen LogP contribution in [0.15, 0.2) is 0 Å². The van der Waals surface area contributed by atoms with E-state index >= 15 is 0 Å². The van der Waals surface area contributed by atoms with Gasteiger partial charge in [0.2, 0.25) is 0 Å². The molecule has 1 heteroatoms. The van der Waals surface area contributed by atoms with Gasteiger partial charge < -0.3 is 4.90 Å². The Morgan fingerprint density at radius 1 is 1.30 bits per heavy atom. The van der Waals surface area contributed by atoms with Crippen molar-refractivity contribution < 1.29 is 0 Å². The van der Waals surface area contributed by atoms with E-state index in [2.05, 4.69) is 25.9 Å². The van der Waals surface area contributed by atoms with E-state index in [-0.39, 0.29) is 0 Å². The average Bonchev–Trinajstić information content (AvgIpc) is 2.34. The standard InChI is InChI=1S/C9H19N/c1-4-8-5-6-9(7-8)10(2)3/h8-9H,4-7H2,1-3H3/t8-,9?/m1/s1. The molecular formula is C9H19N. The van der Waals surface area contributed by atoms with Crippen molar-refractivity contribution in [2.24, 2.45) is 5.92 Å². The Labute approximate surface area is 64.4 Å². The smallest absolute Gasteiger partial charge is 0.00919 e. The summed E-state index contributed by atoms with van der Waals surface area (Å²) in [5, 5.41) is 0. The fourth-order valence-corrected chi connectivity index (χ4v) is 1.89. The second-order valence-corrected chi connectivity index (χ2v) is 3.70. The molecule has 0 amide bonds. The van der Waals surface area contributed by atoms with Crippen LogP contribution in [0.3, 0.4) is 0 Å². The van der Waals surface area contributed by atoms with E-state index in [1.54, 1.807) is 0 Å². The predicted molar refractivity (Wildman–Crippen MR) is 45.1 cm³/mol. The van der Waals surface area contributed by atoms with Crippen molar-refractivity contribution in [3.8, 4) is 0 Å². The minimum atomic E-state index is 0.880. The number of hydrogen-bond acceptors (Lipinski definition) is 1. The van der Waals surface area contributed by atoms with E-state index < -0.39 is 0 Å². The first kappa shape index (κ1) is 8.06. The molecule has 1 rings (SSSR count). The van der Waals surface area contributed by atoms with Gasteiger partial charge >= 0.3 is 0 Å². The topological polar surface area (TPSA) is 3.24 Å². The van der Waals surface area contributed by atoms with E-state index in [0.717, 1.165) is 12.0 Å². The Kier molecular flexibility index (Phi) is 2.72. The maximum Gasteiger partial charge on any atom is 0.00919 e. The Morgan fingerprint density at radius 3 is 2.30 bits per heavy atom. The second kappa shape index (κ2) is 3.38. The lowest BCUT2D eigenvalue weighted by Crippen LogP contribution is -2.24. The maximum absolute atomic E-state index is 2.37. The van der Waals surface area contributed by atoms with Crippen molar-refractivity contribution in [2.75, 3.05) is 14.1 Å². The summed E-state index contributed by atoms with van der Waals surface area (Å²) < 4.78 is 0. The van der Waals surface area contributed by atoms with Crippen LogP contribution >= 0.6 is 0 Å². The Hall–Kier alpha value is -0.0400. The maximum atomic E-state index is 2.37. The molecule has 1 fully saturated rings. The van der Waals surface area contributed by atoms with Gasteiger partial charge in [0.15, 0.2) is 0 Å². The van der Waals surface area contributed by atoms with Crippen molar-refractivity contribution in [3.63, 3.8) is 0 Å². The summed E-state index contributed by atoms with van der Waals surface area (Å²) in [5.74, 6) is 1.02. The van der Waals surface area contributed by atoms with Crippen LogP contribution in [0.2, 0.25) is 0 Å². The lowest BCUT2D eigenvalue weighted by atomic mass is 10.1. The molecule has 1 saturated carbocycles. The first-order valence-electron chi connectivity index (χ1n) is 4.40. The monoisotopic (exact) mass is 141 g/mol. The largest absolute Gasteiger partial charge is 0.306 e. The normalized spacial score (nSPS) is 33.6. The third-order valence-corrected chi connectivity index (χ3v) is 2.82. The van der Waals surface area contributed by atoms with Crippen molar-refractivity contribution in [1.29, 1.82) is 0 Å². The molecule has 0 spiro atoms. The molecule has 1 aliphatic rings. The minimum absolute atomic E-state index is 0.880. The van der Waals surface area contributed by atoms with Crippen molar-refractivity contribution in [3.05, 3.63) is 0 Å². The Balaban J connectivity index is 2.28. The summed E-state index contributed by atoms with van der Waals surface area (Å²) in [6.45, 7) is 2.31. The van der Waals surface area contributed by atoms with Gasteiger partial charge in [0, 0.05) is 6.04 Å². The molecule has 0 N–H and O–H groups in total. The molecule has 1 aliphatic carbocycles. The van der Waals surface area contributed by atoms with Gasteiger partial charge in [-0.3, -0.25) is 0 Å². The molecule has 0 aromatic rings. The van der Waals surface area contributed by atoms with Gasteiger partial charge in [-0.1, -0.05) is 13.3 Å². The van der Waals surface area contributed by atoms with E-state index in [0.29, 0.717) is 0 Å². The summed E-state index contributed by atoms with van der Waals surface area (Å²) in [6.07, 6.45) is 5.69. The Morgan fingerprint density at radius 2 is 2.00 bits per heavy atom. The van der Waals surface area contributed by atoms with E-state index in [9.17, 15) is 0 Å². The highest BCUT2D eigenvalue weighted by molar-refractivity contribution is 4.79. The highest BCUT2D eigenvalue weighted by Gasteiger charge is 2.24. The Bertz CT molecular complexity index is 98.9. The predicted octanol–water partition coefficient (Wildman–Crippen LogP) is 2.13. The highest BCUT2D eigenvalue weighted by atomic mass is 15.1. The van der Waals surface area contributed by atoms with E-state index in [4.69, 9.17) is 0 Å². The first-order valence-corrected chi connectivity index (χ1v) is 4.40. The highest BCUT2D eigenvalue weighted by Crippen LogP contribution is 2.29. The zero-order valence-corrected chi connectivity index (χ0v) is 7.43. The second-order valence-electron chi connectivity index (χ2n) is 3.70. The minimum Gasteiger partial charge on any atom is -0.306 e. The SMILES string of the molecule is CC[C@@H]1CCC(N(C)C)C1. The van der Waals surface area contributed by atoms with Crippen LogP contribution < -0.4 is 0 Å². The molecule has 0 radical (unpaired) electrons. The molecule has 0 bridgehead atoms. The molecular weight excluding hydrogens is 122 g/mol. The summed E-state index contributed by atoms with van der Waals surface area (Å²) >= 11 is 0. The van der Waals surface area contributed by atoms with Crippen LogP contribution in [-0.4, -0.2) is 25.0 Å². The van der Waals surface area contributed by atoms with Gasteiger partial charge in [0.1, 0.15) is 0 Å². The van der Waals surface area contributed by atoms with Crippen LogP contribution in [-0.2, 0) is 0 Å². The van der Waals surface area contributed by atoms with Gasteiger partial charge in [-0.2, -0.15) is 0 Å². The molecule has 0 saturated heterocycles. The molecule has 1 nitrogen and oxygen atoms in total. The molecule has 0 aromatic carbocycles. The number of nitrogens with zero attached hydrogens (tertiary/aromatic N) is 1. The summed E-state index contributed by atoms with van der Waals surface area (Å²) in [6, 6.07) is 0.880. The fourth-order valence-electron chi connectivity index (χ4n) is 1.89. The third-order valence-electron chi connectivity index (χ3n) is 2.82. The van der Waals surface area contributed by atoms with Gasteiger partial charge in [-0.25, -0.2) is 0 Å². The summed E-state index contributed by atoms with van der Waals surface area (Å²) in [7, 11) is 4.39. The lowest BCUT2D eigenvalue weighted by molar-refractivity contribution is 0.290. The van der Waals surface area contributed by atoms with Gasteiger partial charge in [-0.15, -0.1) is 0 Å². The van der Waals surface area contributed by atoms with E-state index in [1.807, 2.05) is 0 Å². The molecule has 1 unspecified atom stereocenters. The number of rotatable bonds is 2. The van der Waals surface area contributed by atoms with Crippen molar-refractivity contribution >= 4 is 0 Å². The lowest BCUT2D eigenvalue weighted by Gasteiger charge is -2.18. The van der Waals surface area contributed by atoms with Gasteiger partial charge in [0.25, 0.3) is 0 Å². The zero-order chi connectivity index (χ0) is 7.56. The van der Waals surface area contributed by atoms with Crippen LogP contribution in [0, 0.1) is 5.92 Å².